The van der Waals surface area contributed by atoms with Gasteiger partial charge in [0.1, 0.15) is 5.82 Å². The molecule has 1 aromatic carbocycles. The lowest BCUT2D eigenvalue weighted by molar-refractivity contribution is 0.0625. The number of rotatable bonds is 7. The summed E-state index contributed by atoms with van der Waals surface area (Å²) in [7, 11) is 0.249. The summed E-state index contributed by atoms with van der Waals surface area (Å²) in [6.07, 6.45) is 0.190. The predicted molar refractivity (Wildman–Crippen MR) is 73.6 cm³/mol. The van der Waals surface area contributed by atoms with E-state index < -0.39 is 12.9 Å². The molecular formula is C13H21BFNO3. The number of halogens is 1. The van der Waals surface area contributed by atoms with Crippen LogP contribution in [0.2, 0.25) is 0 Å². The Balaban J connectivity index is 2.52. The molecule has 106 valence electrons. The van der Waals surface area contributed by atoms with Crippen molar-refractivity contribution in [2.24, 2.45) is 0 Å². The van der Waals surface area contributed by atoms with Gasteiger partial charge in [0.15, 0.2) is 0 Å². The molecule has 0 atom stereocenters. The molecule has 0 aliphatic rings. The Kier molecular flexibility index (Phi) is 6.44. The number of ether oxygens (including phenoxy) is 1. The van der Waals surface area contributed by atoms with Crippen LogP contribution in [-0.4, -0.2) is 48.4 Å². The molecule has 19 heavy (non-hydrogen) atoms. The molecule has 0 spiro atoms. The fourth-order valence-electron chi connectivity index (χ4n) is 1.67. The smallest absolute Gasteiger partial charge is 0.423 e. The molecule has 0 saturated carbocycles. The maximum atomic E-state index is 13.7. The second kappa shape index (κ2) is 7.60. The summed E-state index contributed by atoms with van der Waals surface area (Å²) in [5.74, 6) is -0.428. The summed E-state index contributed by atoms with van der Waals surface area (Å²) in [4.78, 5) is 1.95. The highest BCUT2D eigenvalue weighted by molar-refractivity contribution is 6.58. The molecule has 0 aliphatic heterocycles. The summed E-state index contributed by atoms with van der Waals surface area (Å²) in [6, 6.07) is 4.24. The highest BCUT2D eigenvalue weighted by atomic mass is 19.1. The third-order valence-corrected chi connectivity index (χ3v) is 2.74. The zero-order valence-corrected chi connectivity index (χ0v) is 11.6. The number of hydrogen-bond acceptors (Lipinski definition) is 4. The normalized spacial score (nSPS) is 11.4. The van der Waals surface area contributed by atoms with Crippen molar-refractivity contribution in [3.63, 3.8) is 0 Å². The third-order valence-electron chi connectivity index (χ3n) is 2.74. The monoisotopic (exact) mass is 269 g/mol. The van der Waals surface area contributed by atoms with Crippen molar-refractivity contribution in [1.29, 1.82) is 0 Å². The number of hydrogen-bond donors (Lipinski definition) is 2. The van der Waals surface area contributed by atoms with Crippen molar-refractivity contribution in [2.45, 2.75) is 26.5 Å². The minimum absolute atomic E-state index is 0.159. The Bertz CT molecular complexity index is 401. The van der Waals surface area contributed by atoms with Gasteiger partial charge in [-0.15, -0.1) is 0 Å². The van der Waals surface area contributed by atoms with Crippen LogP contribution in [0.1, 0.15) is 19.4 Å². The van der Waals surface area contributed by atoms with E-state index in [0.717, 1.165) is 6.07 Å². The maximum absolute atomic E-state index is 13.7. The quantitative estimate of drug-likeness (QED) is 0.702. The fraction of sp³-hybridized carbons (Fsp3) is 0.538. The van der Waals surface area contributed by atoms with Gasteiger partial charge in [-0.05, 0) is 32.4 Å². The molecule has 0 amide bonds. The van der Waals surface area contributed by atoms with E-state index in [2.05, 4.69) is 0 Å². The van der Waals surface area contributed by atoms with Crippen LogP contribution in [0.25, 0.3) is 0 Å². The molecular weight excluding hydrogens is 248 g/mol. The fourth-order valence-corrected chi connectivity index (χ4v) is 1.67. The second-order valence-corrected chi connectivity index (χ2v) is 4.88. The largest absolute Gasteiger partial charge is 0.488 e. The van der Waals surface area contributed by atoms with Crippen molar-refractivity contribution in [3.8, 4) is 0 Å². The van der Waals surface area contributed by atoms with E-state index in [-0.39, 0.29) is 11.6 Å². The Morgan fingerprint density at radius 3 is 2.58 bits per heavy atom. The van der Waals surface area contributed by atoms with E-state index in [1.54, 1.807) is 6.07 Å². The molecule has 1 rings (SSSR count). The van der Waals surface area contributed by atoms with Crippen LogP contribution in [0.4, 0.5) is 4.39 Å². The summed E-state index contributed by atoms with van der Waals surface area (Å²) in [5.41, 5.74) is 0.684. The molecule has 0 heterocycles. The van der Waals surface area contributed by atoms with Crippen molar-refractivity contribution >= 4 is 12.6 Å². The molecule has 0 bridgehead atoms. The van der Waals surface area contributed by atoms with Gasteiger partial charge in [-0.3, -0.25) is 4.90 Å². The van der Waals surface area contributed by atoms with Crippen molar-refractivity contribution in [3.05, 3.63) is 29.6 Å². The molecule has 1 aromatic rings. The molecule has 0 unspecified atom stereocenters. The zero-order chi connectivity index (χ0) is 14.4. The number of nitrogens with zero attached hydrogens (tertiary/aromatic N) is 1. The van der Waals surface area contributed by atoms with E-state index in [1.165, 1.54) is 6.07 Å². The maximum Gasteiger partial charge on any atom is 0.488 e. The Labute approximate surface area is 114 Å². The molecule has 0 aromatic heterocycles. The summed E-state index contributed by atoms with van der Waals surface area (Å²) < 4.78 is 19.2. The summed E-state index contributed by atoms with van der Waals surface area (Å²) in [5, 5.41) is 17.9. The standard InChI is InChI=1S/C13H21BFNO3/c1-10(2)19-7-6-16(3)9-11-4-5-12(14(17)18)8-13(11)15/h4-5,8,10,17-18H,6-7,9H2,1-3H3. The summed E-state index contributed by atoms with van der Waals surface area (Å²) >= 11 is 0. The minimum atomic E-state index is -1.64. The third kappa shape index (κ3) is 5.69. The first-order chi connectivity index (χ1) is 8.90. The van der Waals surface area contributed by atoms with Gasteiger partial charge in [0.05, 0.1) is 12.7 Å². The van der Waals surface area contributed by atoms with Gasteiger partial charge in [-0.1, -0.05) is 12.1 Å². The van der Waals surface area contributed by atoms with Crippen LogP contribution in [0.5, 0.6) is 0 Å². The Hall–Kier alpha value is -0.945. The Morgan fingerprint density at radius 1 is 1.37 bits per heavy atom. The van der Waals surface area contributed by atoms with Crippen LogP contribution >= 0.6 is 0 Å². The molecule has 0 fully saturated rings. The SMILES string of the molecule is CC(C)OCCN(C)Cc1ccc(B(O)O)cc1F. The van der Waals surface area contributed by atoms with Crippen LogP contribution < -0.4 is 5.46 Å². The summed E-state index contributed by atoms with van der Waals surface area (Å²) in [6.45, 7) is 5.71. The second-order valence-electron chi connectivity index (χ2n) is 4.88. The van der Waals surface area contributed by atoms with E-state index in [1.807, 2.05) is 25.8 Å². The highest BCUT2D eigenvalue weighted by Gasteiger charge is 2.14. The average molecular weight is 269 g/mol. The molecule has 0 aliphatic carbocycles. The molecule has 2 N–H and O–H groups in total. The average Bonchev–Trinajstić information content (AvgIpc) is 2.31. The predicted octanol–water partition coefficient (Wildman–Crippen LogP) is 0.362. The van der Waals surface area contributed by atoms with Crippen molar-refractivity contribution in [1.82, 2.24) is 4.90 Å². The topological polar surface area (TPSA) is 52.9 Å². The van der Waals surface area contributed by atoms with Gasteiger partial charge in [0, 0.05) is 18.7 Å². The van der Waals surface area contributed by atoms with Crippen LogP contribution in [0.15, 0.2) is 18.2 Å². The van der Waals surface area contributed by atoms with Gasteiger partial charge in [0.2, 0.25) is 0 Å². The van der Waals surface area contributed by atoms with Crippen molar-refractivity contribution < 1.29 is 19.2 Å². The van der Waals surface area contributed by atoms with Crippen LogP contribution in [0.3, 0.4) is 0 Å². The lowest BCUT2D eigenvalue weighted by Gasteiger charge is -2.18. The van der Waals surface area contributed by atoms with Gasteiger partial charge >= 0.3 is 7.12 Å². The molecule has 0 saturated heterocycles. The molecule has 0 radical (unpaired) electrons. The lowest BCUT2D eigenvalue weighted by atomic mass is 9.80. The van der Waals surface area contributed by atoms with E-state index in [9.17, 15) is 4.39 Å². The van der Waals surface area contributed by atoms with E-state index in [4.69, 9.17) is 14.8 Å². The first-order valence-corrected chi connectivity index (χ1v) is 6.34. The van der Waals surface area contributed by atoms with Gasteiger partial charge < -0.3 is 14.8 Å². The first kappa shape index (κ1) is 16.1. The van der Waals surface area contributed by atoms with Gasteiger partial charge in [-0.25, -0.2) is 4.39 Å². The Morgan fingerprint density at radius 2 is 2.05 bits per heavy atom. The lowest BCUT2D eigenvalue weighted by Crippen LogP contribution is -2.31. The minimum Gasteiger partial charge on any atom is -0.423 e. The molecule has 4 nitrogen and oxygen atoms in total. The van der Waals surface area contributed by atoms with Gasteiger partial charge in [0.25, 0.3) is 0 Å². The van der Waals surface area contributed by atoms with Gasteiger partial charge in [-0.2, -0.15) is 0 Å². The highest BCUT2D eigenvalue weighted by Crippen LogP contribution is 2.08. The number of benzene rings is 1. The van der Waals surface area contributed by atoms with Crippen LogP contribution in [0, 0.1) is 5.82 Å². The van der Waals surface area contributed by atoms with E-state index >= 15 is 0 Å². The zero-order valence-electron chi connectivity index (χ0n) is 11.6. The van der Waals surface area contributed by atoms with E-state index in [0.29, 0.717) is 25.3 Å². The number of likely N-dealkylation sites (N-methyl/N-ethyl adjacent to an activating group) is 1. The first-order valence-electron chi connectivity index (χ1n) is 6.34. The van der Waals surface area contributed by atoms with Crippen LogP contribution in [-0.2, 0) is 11.3 Å². The van der Waals surface area contributed by atoms with Crippen molar-refractivity contribution in [2.75, 3.05) is 20.2 Å². The molecule has 6 heteroatoms.